The minimum Gasteiger partial charge on any atom is -0.479 e. The standard InChI is InChI=1S/C11H13FO3/c1-2-15-10(11(13)14)7-8-3-5-9(12)6-4-8/h3-6,10H,2,7H2,1H3,(H,13,14). The SMILES string of the molecule is CCOC(Cc1ccc(F)cc1)C(=O)O. The van der Waals surface area contributed by atoms with Crippen LogP contribution in [0.15, 0.2) is 24.3 Å². The third kappa shape index (κ3) is 3.67. The molecule has 0 radical (unpaired) electrons. The zero-order valence-electron chi connectivity index (χ0n) is 8.44. The first-order valence-corrected chi connectivity index (χ1v) is 4.72. The van der Waals surface area contributed by atoms with E-state index in [0.29, 0.717) is 6.61 Å². The summed E-state index contributed by atoms with van der Waals surface area (Å²) in [4.78, 5) is 10.8. The van der Waals surface area contributed by atoms with E-state index in [0.717, 1.165) is 5.56 Å². The Kier molecular flexibility index (Phi) is 4.24. The van der Waals surface area contributed by atoms with Gasteiger partial charge in [-0.2, -0.15) is 0 Å². The second kappa shape index (κ2) is 5.46. The van der Waals surface area contributed by atoms with E-state index in [1.54, 1.807) is 19.1 Å². The fourth-order valence-corrected chi connectivity index (χ4v) is 1.25. The number of hydrogen-bond donors (Lipinski definition) is 1. The number of ether oxygens (including phenoxy) is 1. The molecule has 1 unspecified atom stereocenters. The van der Waals surface area contributed by atoms with Crippen molar-refractivity contribution in [2.24, 2.45) is 0 Å². The summed E-state index contributed by atoms with van der Waals surface area (Å²) in [6.07, 6.45) is -0.607. The molecule has 0 fully saturated rings. The molecule has 1 aromatic carbocycles. The zero-order valence-corrected chi connectivity index (χ0v) is 8.44. The van der Waals surface area contributed by atoms with E-state index in [1.807, 2.05) is 0 Å². The lowest BCUT2D eigenvalue weighted by Gasteiger charge is -2.11. The summed E-state index contributed by atoms with van der Waals surface area (Å²) in [5.74, 6) is -1.33. The normalized spacial score (nSPS) is 12.4. The second-order valence-electron chi connectivity index (χ2n) is 3.11. The van der Waals surface area contributed by atoms with Crippen LogP contribution in [0.3, 0.4) is 0 Å². The van der Waals surface area contributed by atoms with Crippen LogP contribution in [0.2, 0.25) is 0 Å². The Morgan fingerprint density at radius 1 is 1.47 bits per heavy atom. The molecule has 1 N–H and O–H groups in total. The Balaban J connectivity index is 2.65. The van der Waals surface area contributed by atoms with Gasteiger partial charge in [0.1, 0.15) is 5.82 Å². The molecule has 0 aliphatic heterocycles. The predicted molar refractivity (Wildman–Crippen MR) is 53.2 cm³/mol. The molecule has 1 aromatic rings. The van der Waals surface area contributed by atoms with Crippen molar-refractivity contribution in [1.82, 2.24) is 0 Å². The third-order valence-electron chi connectivity index (χ3n) is 1.98. The maximum Gasteiger partial charge on any atom is 0.333 e. The van der Waals surface area contributed by atoms with Crippen molar-refractivity contribution < 1.29 is 19.0 Å². The summed E-state index contributed by atoms with van der Waals surface area (Å²) in [5, 5.41) is 8.82. The van der Waals surface area contributed by atoms with Crippen molar-refractivity contribution in [2.75, 3.05) is 6.61 Å². The smallest absolute Gasteiger partial charge is 0.333 e. The lowest BCUT2D eigenvalue weighted by molar-refractivity contribution is -0.149. The van der Waals surface area contributed by atoms with Gasteiger partial charge in [-0.15, -0.1) is 0 Å². The Labute approximate surface area is 87.5 Å². The van der Waals surface area contributed by atoms with Gasteiger partial charge in [-0.05, 0) is 24.6 Å². The van der Waals surface area contributed by atoms with Gasteiger partial charge < -0.3 is 9.84 Å². The zero-order chi connectivity index (χ0) is 11.3. The van der Waals surface area contributed by atoms with Gasteiger partial charge in [0.05, 0.1) is 0 Å². The van der Waals surface area contributed by atoms with Crippen LogP contribution in [0.4, 0.5) is 4.39 Å². The molecule has 0 aliphatic rings. The molecule has 15 heavy (non-hydrogen) atoms. The van der Waals surface area contributed by atoms with E-state index in [2.05, 4.69) is 0 Å². The third-order valence-corrected chi connectivity index (χ3v) is 1.98. The molecule has 0 aliphatic carbocycles. The largest absolute Gasteiger partial charge is 0.479 e. The molecule has 0 bridgehead atoms. The van der Waals surface area contributed by atoms with Crippen LogP contribution in [0.1, 0.15) is 12.5 Å². The van der Waals surface area contributed by atoms with E-state index in [4.69, 9.17) is 9.84 Å². The van der Waals surface area contributed by atoms with Crippen molar-refractivity contribution in [3.63, 3.8) is 0 Å². The lowest BCUT2D eigenvalue weighted by Crippen LogP contribution is -2.26. The maximum absolute atomic E-state index is 12.6. The number of hydrogen-bond acceptors (Lipinski definition) is 2. The summed E-state index contributed by atoms with van der Waals surface area (Å²) < 4.78 is 17.6. The highest BCUT2D eigenvalue weighted by Crippen LogP contribution is 2.08. The molecular weight excluding hydrogens is 199 g/mol. The highest BCUT2D eigenvalue weighted by molar-refractivity contribution is 5.72. The molecule has 0 amide bonds. The number of benzene rings is 1. The first kappa shape index (κ1) is 11.7. The van der Waals surface area contributed by atoms with Gasteiger partial charge in [0.2, 0.25) is 0 Å². The van der Waals surface area contributed by atoms with Crippen LogP contribution < -0.4 is 0 Å². The molecule has 82 valence electrons. The molecule has 0 aromatic heterocycles. The van der Waals surface area contributed by atoms with Crippen molar-refractivity contribution in [3.8, 4) is 0 Å². The highest BCUT2D eigenvalue weighted by atomic mass is 19.1. The predicted octanol–water partition coefficient (Wildman–Crippen LogP) is 1.86. The highest BCUT2D eigenvalue weighted by Gasteiger charge is 2.17. The fourth-order valence-electron chi connectivity index (χ4n) is 1.25. The number of aliphatic carboxylic acids is 1. The summed E-state index contributed by atoms with van der Waals surface area (Å²) in [7, 11) is 0. The molecule has 4 heteroatoms. The van der Waals surface area contributed by atoms with Crippen molar-refractivity contribution >= 4 is 5.97 Å². The van der Waals surface area contributed by atoms with Gasteiger partial charge in [0.25, 0.3) is 0 Å². The van der Waals surface area contributed by atoms with Gasteiger partial charge in [-0.1, -0.05) is 12.1 Å². The quantitative estimate of drug-likeness (QED) is 0.810. The van der Waals surface area contributed by atoms with Crippen molar-refractivity contribution in [1.29, 1.82) is 0 Å². The van der Waals surface area contributed by atoms with Crippen molar-refractivity contribution in [3.05, 3.63) is 35.6 Å². The van der Waals surface area contributed by atoms with Gasteiger partial charge in [0, 0.05) is 13.0 Å². The van der Waals surface area contributed by atoms with Gasteiger partial charge >= 0.3 is 5.97 Å². The number of halogens is 1. The number of carboxylic acid groups (broad SMARTS) is 1. The Hall–Kier alpha value is -1.42. The summed E-state index contributed by atoms with van der Waals surface area (Å²) in [6.45, 7) is 2.08. The minimum atomic E-state index is -0.999. The molecular formula is C11H13FO3. The first-order chi connectivity index (χ1) is 7.13. The van der Waals surface area contributed by atoms with Crippen LogP contribution in [-0.4, -0.2) is 23.8 Å². The average Bonchev–Trinajstić information content (AvgIpc) is 2.20. The Morgan fingerprint density at radius 3 is 2.53 bits per heavy atom. The number of carbonyl (C=O) groups is 1. The fraction of sp³-hybridized carbons (Fsp3) is 0.364. The summed E-state index contributed by atoms with van der Waals surface area (Å²) >= 11 is 0. The molecule has 1 atom stereocenters. The monoisotopic (exact) mass is 212 g/mol. The summed E-state index contributed by atoms with van der Waals surface area (Å²) in [5.41, 5.74) is 0.747. The Morgan fingerprint density at radius 2 is 2.07 bits per heavy atom. The van der Waals surface area contributed by atoms with E-state index in [1.165, 1.54) is 12.1 Å². The minimum absolute atomic E-state index is 0.253. The van der Waals surface area contributed by atoms with E-state index in [-0.39, 0.29) is 12.2 Å². The number of rotatable bonds is 5. The van der Waals surface area contributed by atoms with Gasteiger partial charge in [-0.3, -0.25) is 0 Å². The lowest BCUT2D eigenvalue weighted by atomic mass is 10.1. The topological polar surface area (TPSA) is 46.5 Å². The molecule has 1 rings (SSSR count). The van der Waals surface area contributed by atoms with Gasteiger partial charge in [0.15, 0.2) is 6.10 Å². The van der Waals surface area contributed by atoms with E-state index >= 15 is 0 Å². The maximum atomic E-state index is 12.6. The molecule has 0 saturated carbocycles. The molecule has 0 saturated heterocycles. The van der Waals surface area contributed by atoms with Crippen LogP contribution in [0.5, 0.6) is 0 Å². The van der Waals surface area contributed by atoms with E-state index < -0.39 is 12.1 Å². The molecule has 0 spiro atoms. The Bertz CT molecular complexity index is 321. The van der Waals surface area contributed by atoms with E-state index in [9.17, 15) is 9.18 Å². The summed E-state index contributed by atoms with van der Waals surface area (Å²) in [6, 6.07) is 5.73. The van der Waals surface area contributed by atoms with Crippen LogP contribution in [0.25, 0.3) is 0 Å². The van der Waals surface area contributed by atoms with Gasteiger partial charge in [-0.25, -0.2) is 9.18 Å². The number of carboxylic acids is 1. The average molecular weight is 212 g/mol. The van der Waals surface area contributed by atoms with Crippen LogP contribution in [-0.2, 0) is 16.0 Å². The van der Waals surface area contributed by atoms with Crippen molar-refractivity contribution in [2.45, 2.75) is 19.4 Å². The first-order valence-electron chi connectivity index (χ1n) is 4.72. The molecule has 0 heterocycles. The molecule has 3 nitrogen and oxygen atoms in total. The second-order valence-corrected chi connectivity index (χ2v) is 3.11. The van der Waals surface area contributed by atoms with Crippen LogP contribution in [0, 0.1) is 5.82 Å². The van der Waals surface area contributed by atoms with Crippen LogP contribution >= 0.6 is 0 Å².